The number of nitrogens with one attached hydrogen (secondary N) is 1. The van der Waals surface area contributed by atoms with E-state index in [4.69, 9.17) is 4.74 Å². The highest BCUT2D eigenvalue weighted by atomic mass is 19.1. The van der Waals surface area contributed by atoms with E-state index in [1.165, 1.54) is 13.2 Å². The Morgan fingerprint density at radius 1 is 1.13 bits per heavy atom. The van der Waals surface area contributed by atoms with Gasteiger partial charge in [-0.05, 0) is 43.2 Å². The molecule has 0 bridgehead atoms. The van der Waals surface area contributed by atoms with Crippen molar-refractivity contribution >= 4 is 23.0 Å². The summed E-state index contributed by atoms with van der Waals surface area (Å²) in [5, 5.41) is 21.6. The summed E-state index contributed by atoms with van der Waals surface area (Å²) < 4.78 is 21.8. The standard InChI is InChI=1S/C27H25FN8O2/c1-38-22-6-2-5-20(28)26(22)27-29-10-9-23(33-27)32-24-12-21(35-11-3-4-18(37)15-35)19(13-30-24)17-7-8-25-34-31-16-36(25)14-17/h2,5-10,12-14,16,18,37H,3-4,11,15H2,1H3,(H,29,30,32,33)/t18-/m0/s1. The van der Waals surface area contributed by atoms with Crippen molar-refractivity contribution in [2.45, 2.75) is 18.9 Å². The van der Waals surface area contributed by atoms with Crippen molar-refractivity contribution in [1.82, 2.24) is 29.5 Å². The highest BCUT2D eigenvalue weighted by Crippen LogP contribution is 2.35. The minimum atomic E-state index is -0.472. The quantitative estimate of drug-likeness (QED) is 0.347. The lowest BCUT2D eigenvalue weighted by Gasteiger charge is -2.33. The monoisotopic (exact) mass is 512 g/mol. The lowest BCUT2D eigenvalue weighted by atomic mass is 10.0. The number of piperidine rings is 1. The molecule has 10 nitrogen and oxygen atoms in total. The van der Waals surface area contributed by atoms with Crippen LogP contribution in [0.1, 0.15) is 12.8 Å². The Labute approximate surface area is 217 Å². The summed E-state index contributed by atoms with van der Waals surface area (Å²) in [6, 6.07) is 12.1. The second-order valence-electron chi connectivity index (χ2n) is 9.05. The van der Waals surface area contributed by atoms with Crippen molar-refractivity contribution in [2.24, 2.45) is 0 Å². The molecule has 1 aromatic carbocycles. The van der Waals surface area contributed by atoms with Gasteiger partial charge in [0.15, 0.2) is 11.5 Å². The van der Waals surface area contributed by atoms with Crippen LogP contribution in [0, 0.1) is 5.82 Å². The molecule has 0 radical (unpaired) electrons. The van der Waals surface area contributed by atoms with Crippen LogP contribution in [0.5, 0.6) is 5.75 Å². The van der Waals surface area contributed by atoms with Crippen LogP contribution in [0.2, 0.25) is 0 Å². The fourth-order valence-corrected chi connectivity index (χ4v) is 4.73. The fourth-order valence-electron chi connectivity index (χ4n) is 4.73. The molecule has 4 aromatic heterocycles. The van der Waals surface area contributed by atoms with E-state index in [0.29, 0.717) is 23.9 Å². The number of anilines is 3. The molecule has 0 spiro atoms. The zero-order chi connectivity index (χ0) is 26.1. The Hall–Kier alpha value is -4.64. The lowest BCUT2D eigenvalue weighted by Crippen LogP contribution is -2.38. The number of nitrogens with zero attached hydrogens (tertiary/aromatic N) is 7. The molecule has 0 aliphatic carbocycles. The Morgan fingerprint density at radius 3 is 2.92 bits per heavy atom. The number of hydrogen-bond acceptors (Lipinski definition) is 9. The summed E-state index contributed by atoms with van der Waals surface area (Å²) in [6.45, 7) is 1.34. The van der Waals surface area contributed by atoms with Gasteiger partial charge in [-0.25, -0.2) is 19.3 Å². The van der Waals surface area contributed by atoms with Gasteiger partial charge in [-0.15, -0.1) is 10.2 Å². The van der Waals surface area contributed by atoms with E-state index in [2.05, 4.69) is 35.4 Å². The number of aliphatic hydroxyl groups is 1. The molecular formula is C27H25FN8O2. The van der Waals surface area contributed by atoms with E-state index in [-0.39, 0.29) is 11.4 Å². The first kappa shape index (κ1) is 23.7. The van der Waals surface area contributed by atoms with E-state index in [1.54, 1.807) is 36.9 Å². The van der Waals surface area contributed by atoms with Gasteiger partial charge in [0.05, 0.1) is 18.8 Å². The number of ether oxygens (including phenoxy) is 1. The molecule has 192 valence electrons. The molecule has 5 aromatic rings. The molecule has 38 heavy (non-hydrogen) atoms. The van der Waals surface area contributed by atoms with Gasteiger partial charge in [0, 0.05) is 54.6 Å². The van der Waals surface area contributed by atoms with E-state index < -0.39 is 11.9 Å². The minimum Gasteiger partial charge on any atom is -0.496 e. The number of methoxy groups -OCH3 is 1. The van der Waals surface area contributed by atoms with E-state index in [9.17, 15) is 9.50 Å². The van der Waals surface area contributed by atoms with Gasteiger partial charge in [0.2, 0.25) is 0 Å². The highest BCUT2D eigenvalue weighted by molar-refractivity contribution is 5.81. The third-order valence-corrected chi connectivity index (χ3v) is 6.55. The van der Waals surface area contributed by atoms with Gasteiger partial charge >= 0.3 is 0 Å². The van der Waals surface area contributed by atoms with Crippen LogP contribution < -0.4 is 15.0 Å². The summed E-state index contributed by atoms with van der Waals surface area (Å²) in [7, 11) is 1.48. The molecule has 2 N–H and O–H groups in total. The largest absolute Gasteiger partial charge is 0.496 e. The highest BCUT2D eigenvalue weighted by Gasteiger charge is 2.22. The molecular weight excluding hydrogens is 487 g/mol. The van der Waals surface area contributed by atoms with Crippen LogP contribution >= 0.6 is 0 Å². The molecule has 6 rings (SSSR count). The second-order valence-corrected chi connectivity index (χ2v) is 9.05. The predicted octanol–water partition coefficient (Wildman–Crippen LogP) is 4.10. The lowest BCUT2D eigenvalue weighted by molar-refractivity contribution is 0.154. The van der Waals surface area contributed by atoms with Crippen LogP contribution in [-0.4, -0.2) is 61.0 Å². The zero-order valence-electron chi connectivity index (χ0n) is 20.6. The topological polar surface area (TPSA) is 114 Å². The summed E-state index contributed by atoms with van der Waals surface area (Å²) in [6.07, 6.45) is 8.23. The molecule has 0 unspecified atom stereocenters. The maximum absolute atomic E-state index is 14.6. The third-order valence-electron chi connectivity index (χ3n) is 6.55. The Bertz CT molecular complexity index is 1610. The van der Waals surface area contributed by atoms with Crippen molar-refractivity contribution in [3.05, 3.63) is 73.2 Å². The number of aliphatic hydroxyl groups excluding tert-OH is 1. The van der Waals surface area contributed by atoms with Crippen LogP contribution in [0.25, 0.3) is 28.2 Å². The van der Waals surface area contributed by atoms with Crippen LogP contribution in [-0.2, 0) is 0 Å². The van der Waals surface area contributed by atoms with E-state index in [0.717, 1.165) is 41.8 Å². The van der Waals surface area contributed by atoms with Crippen LogP contribution in [0.15, 0.2) is 67.4 Å². The van der Waals surface area contributed by atoms with Crippen molar-refractivity contribution in [3.63, 3.8) is 0 Å². The Morgan fingerprint density at radius 2 is 2.05 bits per heavy atom. The number of aromatic nitrogens is 6. The molecule has 1 atom stereocenters. The smallest absolute Gasteiger partial charge is 0.168 e. The SMILES string of the molecule is COc1cccc(F)c1-c1nccc(Nc2cc(N3CCC[C@H](O)C3)c(-c3ccc4nncn4c3)cn2)n1. The Kier molecular flexibility index (Phi) is 6.26. The number of β-amino-alcohol motifs (C(OH)–C–C–N with tert-alkyl or cyclic N) is 1. The van der Waals surface area contributed by atoms with E-state index >= 15 is 0 Å². The maximum atomic E-state index is 14.6. The second kappa shape index (κ2) is 10.0. The summed E-state index contributed by atoms with van der Waals surface area (Å²) >= 11 is 0. The van der Waals surface area contributed by atoms with Gasteiger partial charge in [0.1, 0.15) is 29.5 Å². The average molecular weight is 513 g/mol. The molecule has 11 heteroatoms. The molecule has 1 fully saturated rings. The van der Waals surface area contributed by atoms with Gasteiger partial charge in [-0.3, -0.25) is 4.40 Å². The fraction of sp³-hybridized carbons (Fsp3) is 0.222. The normalized spacial score (nSPS) is 15.6. The average Bonchev–Trinajstić information content (AvgIpc) is 3.41. The first-order valence-corrected chi connectivity index (χ1v) is 12.2. The number of hydrogen-bond donors (Lipinski definition) is 2. The Balaban J connectivity index is 1.37. The molecule has 0 saturated carbocycles. The van der Waals surface area contributed by atoms with Crippen molar-refractivity contribution in [1.29, 1.82) is 0 Å². The molecule has 0 amide bonds. The number of halogens is 1. The number of fused-ring (bicyclic) bond motifs is 1. The van der Waals surface area contributed by atoms with Crippen LogP contribution in [0.3, 0.4) is 0 Å². The molecule has 1 aliphatic heterocycles. The summed E-state index contributed by atoms with van der Waals surface area (Å²) in [5.74, 6) is 1.08. The summed E-state index contributed by atoms with van der Waals surface area (Å²) in [5.41, 5.74) is 3.73. The predicted molar refractivity (Wildman–Crippen MR) is 141 cm³/mol. The van der Waals surface area contributed by atoms with Gasteiger partial charge in [0.25, 0.3) is 0 Å². The number of rotatable bonds is 6. The number of benzene rings is 1. The summed E-state index contributed by atoms with van der Waals surface area (Å²) in [4.78, 5) is 15.6. The van der Waals surface area contributed by atoms with Crippen molar-refractivity contribution < 1.29 is 14.2 Å². The van der Waals surface area contributed by atoms with Gasteiger partial charge in [-0.2, -0.15) is 0 Å². The molecule has 5 heterocycles. The van der Waals surface area contributed by atoms with Crippen LogP contribution in [0.4, 0.5) is 21.7 Å². The minimum absolute atomic E-state index is 0.189. The number of pyridine rings is 2. The van der Waals surface area contributed by atoms with Crippen molar-refractivity contribution in [3.8, 4) is 28.3 Å². The van der Waals surface area contributed by atoms with Gasteiger partial charge in [-0.1, -0.05) is 6.07 Å². The molecule has 1 saturated heterocycles. The first-order valence-electron chi connectivity index (χ1n) is 12.2. The van der Waals surface area contributed by atoms with Crippen molar-refractivity contribution in [2.75, 3.05) is 30.4 Å². The molecule has 1 aliphatic rings. The maximum Gasteiger partial charge on any atom is 0.168 e. The first-order chi connectivity index (χ1) is 18.6. The third kappa shape index (κ3) is 4.59. The van der Waals surface area contributed by atoms with Gasteiger partial charge < -0.3 is 20.1 Å². The zero-order valence-corrected chi connectivity index (χ0v) is 20.6. The van der Waals surface area contributed by atoms with E-state index in [1.807, 2.05) is 28.8 Å².